The number of rotatable bonds is 14. The van der Waals surface area contributed by atoms with Crippen LogP contribution in [0.2, 0.25) is 0 Å². The first-order valence-corrected chi connectivity index (χ1v) is 11.0. The predicted molar refractivity (Wildman–Crippen MR) is 106 cm³/mol. The van der Waals surface area contributed by atoms with Crippen molar-refractivity contribution in [3.8, 4) is 0 Å². The van der Waals surface area contributed by atoms with Gasteiger partial charge < -0.3 is 54.7 Å². The Hall–Kier alpha value is -0.440. The first-order valence-electron chi connectivity index (χ1n) is 11.0. The van der Waals surface area contributed by atoms with E-state index < -0.39 is 74.6 Å². The molecule has 4 unspecified atom stereocenters. The van der Waals surface area contributed by atoms with Crippen LogP contribution < -0.4 is 0 Å². The Kier molecular flexibility index (Phi) is 11.5. The molecule has 11 nitrogen and oxygen atoms in total. The number of aliphatic hydroxyl groups is 7. The zero-order valence-electron chi connectivity index (χ0n) is 17.9. The molecule has 10 atom stereocenters. The minimum Gasteiger partial charge on any atom is -0.394 e. The third kappa shape index (κ3) is 7.27. The Morgan fingerprint density at radius 1 is 0.710 bits per heavy atom. The highest BCUT2D eigenvalue weighted by Crippen LogP contribution is 2.28. The van der Waals surface area contributed by atoms with Crippen LogP contribution in [-0.4, -0.2) is 117 Å². The molecule has 7 N–H and O–H groups in total. The molecule has 0 amide bonds. The van der Waals surface area contributed by atoms with Crippen LogP contribution in [-0.2, 0) is 18.9 Å². The van der Waals surface area contributed by atoms with E-state index in [1.807, 2.05) is 0 Å². The molecule has 2 aliphatic heterocycles. The second-order valence-electron chi connectivity index (χ2n) is 8.19. The van der Waals surface area contributed by atoms with Crippen molar-refractivity contribution in [2.24, 2.45) is 0 Å². The monoisotopic (exact) mass is 454 g/mol. The van der Waals surface area contributed by atoms with Gasteiger partial charge in [0.2, 0.25) is 0 Å². The Bertz CT molecular complexity index is 496. The zero-order valence-corrected chi connectivity index (χ0v) is 17.9. The van der Waals surface area contributed by atoms with Crippen LogP contribution in [0.3, 0.4) is 0 Å². The maximum Gasteiger partial charge on any atom is 0.186 e. The lowest BCUT2D eigenvalue weighted by atomic mass is 10.1. The summed E-state index contributed by atoms with van der Waals surface area (Å²) in [4.78, 5) is 0. The lowest BCUT2D eigenvalue weighted by molar-refractivity contribution is -0.211. The van der Waals surface area contributed by atoms with Gasteiger partial charge in [0.1, 0.15) is 48.8 Å². The van der Waals surface area contributed by atoms with E-state index in [2.05, 4.69) is 6.92 Å². The van der Waals surface area contributed by atoms with E-state index in [0.29, 0.717) is 6.61 Å². The smallest absolute Gasteiger partial charge is 0.186 e. The molecule has 0 bridgehead atoms. The number of unbranched alkanes of at least 4 members (excludes halogenated alkanes) is 5. The SMILES string of the molecule is CCCCCCCCOC1O[C@@H](C(O)COC2O[C@@H](C(O)CO)[C@H](O)[C@H]2O)[C@H](O)[C@H]1O. The molecule has 2 aliphatic rings. The average Bonchev–Trinajstić information content (AvgIpc) is 3.21. The zero-order chi connectivity index (χ0) is 23.0. The fourth-order valence-corrected chi connectivity index (χ4v) is 3.73. The van der Waals surface area contributed by atoms with Gasteiger partial charge in [-0.2, -0.15) is 0 Å². The molecular weight excluding hydrogens is 416 g/mol. The molecule has 2 heterocycles. The number of ether oxygens (including phenoxy) is 4. The van der Waals surface area contributed by atoms with Crippen LogP contribution in [0.25, 0.3) is 0 Å². The van der Waals surface area contributed by atoms with Gasteiger partial charge in [0.05, 0.1) is 13.2 Å². The molecule has 0 spiro atoms. The summed E-state index contributed by atoms with van der Waals surface area (Å²) in [5.74, 6) is 0. The normalized spacial score (nSPS) is 37.9. The van der Waals surface area contributed by atoms with Gasteiger partial charge in [-0.15, -0.1) is 0 Å². The fraction of sp³-hybridized carbons (Fsp3) is 1.00. The Morgan fingerprint density at radius 3 is 1.81 bits per heavy atom. The van der Waals surface area contributed by atoms with E-state index in [-0.39, 0.29) is 0 Å². The molecule has 2 fully saturated rings. The van der Waals surface area contributed by atoms with Crippen molar-refractivity contribution < 1.29 is 54.7 Å². The first kappa shape index (κ1) is 26.8. The van der Waals surface area contributed by atoms with Crippen LogP contribution in [0.5, 0.6) is 0 Å². The number of hydrogen-bond acceptors (Lipinski definition) is 11. The van der Waals surface area contributed by atoms with Crippen molar-refractivity contribution >= 4 is 0 Å². The van der Waals surface area contributed by atoms with E-state index in [4.69, 9.17) is 24.1 Å². The predicted octanol–water partition coefficient (Wildman–Crippen LogP) is -2.01. The summed E-state index contributed by atoms with van der Waals surface area (Å²) in [5.41, 5.74) is 0. The molecule has 11 heteroatoms. The van der Waals surface area contributed by atoms with Gasteiger partial charge in [-0.1, -0.05) is 39.0 Å². The second-order valence-corrected chi connectivity index (χ2v) is 8.19. The Balaban J connectivity index is 1.73. The van der Waals surface area contributed by atoms with E-state index >= 15 is 0 Å². The minimum atomic E-state index is -1.51. The summed E-state index contributed by atoms with van der Waals surface area (Å²) in [7, 11) is 0. The van der Waals surface area contributed by atoms with Crippen LogP contribution in [0.15, 0.2) is 0 Å². The molecule has 0 saturated carbocycles. The van der Waals surface area contributed by atoms with Crippen molar-refractivity contribution in [1.82, 2.24) is 0 Å². The quantitative estimate of drug-likeness (QED) is 0.144. The maximum atomic E-state index is 10.3. The van der Waals surface area contributed by atoms with Gasteiger partial charge in [-0.25, -0.2) is 0 Å². The molecule has 0 aromatic rings. The molecule has 0 radical (unpaired) electrons. The summed E-state index contributed by atoms with van der Waals surface area (Å²) in [6.45, 7) is 1.38. The van der Waals surface area contributed by atoms with Crippen LogP contribution in [0.1, 0.15) is 45.4 Å². The molecule has 0 aliphatic carbocycles. The Morgan fingerprint density at radius 2 is 1.23 bits per heavy atom. The molecule has 0 aromatic carbocycles. The average molecular weight is 455 g/mol. The van der Waals surface area contributed by atoms with Crippen molar-refractivity contribution in [1.29, 1.82) is 0 Å². The van der Waals surface area contributed by atoms with Crippen molar-refractivity contribution in [2.45, 2.75) is 107 Å². The summed E-state index contributed by atoms with van der Waals surface area (Å²) < 4.78 is 21.4. The van der Waals surface area contributed by atoms with Crippen molar-refractivity contribution in [3.05, 3.63) is 0 Å². The lowest BCUT2D eigenvalue weighted by Gasteiger charge is -2.23. The van der Waals surface area contributed by atoms with E-state index in [0.717, 1.165) is 19.3 Å². The highest BCUT2D eigenvalue weighted by molar-refractivity contribution is 4.93. The van der Waals surface area contributed by atoms with Crippen LogP contribution >= 0.6 is 0 Å². The number of aliphatic hydroxyl groups excluding tert-OH is 7. The summed E-state index contributed by atoms with van der Waals surface area (Å²) in [6, 6.07) is 0. The summed E-state index contributed by atoms with van der Waals surface area (Å²) >= 11 is 0. The highest BCUT2D eigenvalue weighted by Gasteiger charge is 2.49. The molecule has 184 valence electrons. The minimum absolute atomic E-state index is 0.356. The summed E-state index contributed by atoms with van der Waals surface area (Å²) in [6.07, 6.45) is -6.99. The van der Waals surface area contributed by atoms with Gasteiger partial charge in [0, 0.05) is 6.61 Å². The first-order chi connectivity index (χ1) is 14.8. The van der Waals surface area contributed by atoms with Gasteiger partial charge in [-0.3, -0.25) is 0 Å². The fourth-order valence-electron chi connectivity index (χ4n) is 3.73. The van der Waals surface area contributed by atoms with E-state index in [1.165, 1.54) is 19.3 Å². The van der Waals surface area contributed by atoms with E-state index in [9.17, 15) is 30.6 Å². The van der Waals surface area contributed by atoms with Gasteiger partial charge in [0.25, 0.3) is 0 Å². The van der Waals surface area contributed by atoms with Gasteiger partial charge >= 0.3 is 0 Å². The standard InChI is InChI=1S/C20H38O11/c1-2-3-4-5-6-7-8-28-19-15(26)14(25)18(31-19)12(23)10-29-20-16(27)13(24)17(30-20)11(22)9-21/h11-27H,2-10H2,1H3/t11?,12?,13-,14-,15-,16-,17+,18+,19?,20?/m1/s1. The molecule has 0 aromatic heterocycles. The second kappa shape index (κ2) is 13.3. The third-order valence-electron chi connectivity index (χ3n) is 5.67. The largest absolute Gasteiger partial charge is 0.394 e. The van der Waals surface area contributed by atoms with Gasteiger partial charge in [-0.05, 0) is 6.42 Å². The molecule has 2 rings (SSSR count). The topological polar surface area (TPSA) is 179 Å². The maximum absolute atomic E-state index is 10.3. The van der Waals surface area contributed by atoms with Crippen LogP contribution in [0, 0.1) is 0 Å². The molecule has 31 heavy (non-hydrogen) atoms. The lowest BCUT2D eigenvalue weighted by Crippen LogP contribution is -2.43. The summed E-state index contributed by atoms with van der Waals surface area (Å²) in [5, 5.41) is 69.0. The molecular formula is C20H38O11. The molecule has 2 saturated heterocycles. The highest BCUT2D eigenvalue weighted by atomic mass is 16.7. The number of hydrogen-bond donors (Lipinski definition) is 7. The van der Waals surface area contributed by atoms with Crippen molar-refractivity contribution in [2.75, 3.05) is 19.8 Å². The van der Waals surface area contributed by atoms with E-state index in [1.54, 1.807) is 0 Å². The third-order valence-corrected chi connectivity index (χ3v) is 5.67. The van der Waals surface area contributed by atoms with Crippen LogP contribution in [0.4, 0.5) is 0 Å². The van der Waals surface area contributed by atoms with Crippen molar-refractivity contribution in [3.63, 3.8) is 0 Å². The van der Waals surface area contributed by atoms with Gasteiger partial charge in [0.15, 0.2) is 12.6 Å². The Labute approximate surface area is 182 Å².